The van der Waals surface area contributed by atoms with Crippen LogP contribution in [0.1, 0.15) is 52.4 Å². The van der Waals surface area contributed by atoms with Gasteiger partial charge in [0.25, 0.3) is 0 Å². The van der Waals surface area contributed by atoms with Gasteiger partial charge in [-0.15, -0.1) is 0 Å². The fraction of sp³-hybridized carbons (Fsp3) is 1.00. The Labute approximate surface area is 65.0 Å². The smallest absolute Gasteiger partial charge is 0.0389 e. The zero-order valence-electron chi connectivity index (χ0n) is 7.40. The maximum atomic E-state index is 2.35. The molecule has 0 aromatic carbocycles. The molecule has 1 rings (SSSR count). The van der Waals surface area contributed by atoms with E-state index in [9.17, 15) is 0 Å². The summed E-state index contributed by atoms with van der Waals surface area (Å²) in [5, 5.41) is 0. The minimum absolute atomic E-state index is 1.07. The fourth-order valence-corrected chi connectivity index (χ4v) is 2.36. The summed E-state index contributed by atoms with van der Waals surface area (Å²) >= 11 is 0. The van der Waals surface area contributed by atoms with Crippen molar-refractivity contribution in [3.63, 3.8) is 0 Å². The highest BCUT2D eigenvalue weighted by Crippen LogP contribution is 2.33. The first kappa shape index (κ1) is 8.10. The Kier molecular flexibility index (Phi) is 3.24. The summed E-state index contributed by atoms with van der Waals surface area (Å²) in [5.41, 5.74) is 0. The van der Waals surface area contributed by atoms with Gasteiger partial charge in [0.05, 0.1) is 0 Å². The standard InChI is InChI=1S/C10H20/c1-3-9-7-5-6-8-10(9)4-2/h9-10H,3-8H2,1-2H3/t9-,10?/m0/s1. The van der Waals surface area contributed by atoms with Crippen molar-refractivity contribution in [1.82, 2.24) is 0 Å². The monoisotopic (exact) mass is 140 g/mol. The maximum absolute atomic E-state index is 2.35. The SMILES string of the molecule is CCC1CCCC[C@@H]1CC. The van der Waals surface area contributed by atoms with Gasteiger partial charge >= 0.3 is 0 Å². The van der Waals surface area contributed by atoms with Crippen molar-refractivity contribution in [3.8, 4) is 0 Å². The molecule has 0 heterocycles. The largest absolute Gasteiger partial charge is 0.0651 e. The number of rotatable bonds is 2. The summed E-state index contributed by atoms with van der Waals surface area (Å²) in [5.74, 6) is 2.14. The zero-order valence-corrected chi connectivity index (χ0v) is 7.40. The van der Waals surface area contributed by atoms with Crippen molar-refractivity contribution >= 4 is 0 Å². The molecule has 0 heteroatoms. The molecule has 0 aromatic heterocycles. The third-order valence-electron chi connectivity index (χ3n) is 3.12. The average molecular weight is 140 g/mol. The summed E-state index contributed by atoms with van der Waals surface area (Å²) in [6.07, 6.45) is 8.84. The van der Waals surface area contributed by atoms with Crippen molar-refractivity contribution in [2.45, 2.75) is 52.4 Å². The highest BCUT2D eigenvalue weighted by Gasteiger charge is 2.21. The van der Waals surface area contributed by atoms with Gasteiger partial charge in [0.1, 0.15) is 0 Å². The Bertz CT molecular complexity index is 74.0. The molecular formula is C10H20. The van der Waals surface area contributed by atoms with E-state index >= 15 is 0 Å². The van der Waals surface area contributed by atoms with E-state index in [1.165, 1.54) is 38.5 Å². The Morgan fingerprint density at radius 3 is 1.60 bits per heavy atom. The molecule has 1 unspecified atom stereocenters. The van der Waals surface area contributed by atoms with Gasteiger partial charge < -0.3 is 0 Å². The van der Waals surface area contributed by atoms with Crippen molar-refractivity contribution in [3.05, 3.63) is 0 Å². The second kappa shape index (κ2) is 4.00. The first-order chi connectivity index (χ1) is 4.88. The van der Waals surface area contributed by atoms with Gasteiger partial charge in [0.2, 0.25) is 0 Å². The molecule has 0 saturated heterocycles. The summed E-state index contributed by atoms with van der Waals surface area (Å²) in [6.45, 7) is 4.69. The maximum Gasteiger partial charge on any atom is -0.0389 e. The summed E-state index contributed by atoms with van der Waals surface area (Å²) in [7, 11) is 0. The van der Waals surface area contributed by atoms with Crippen molar-refractivity contribution < 1.29 is 0 Å². The molecule has 0 radical (unpaired) electrons. The minimum atomic E-state index is 1.07. The number of hydrogen-bond donors (Lipinski definition) is 0. The lowest BCUT2D eigenvalue weighted by Crippen LogP contribution is -2.17. The summed E-state index contributed by atoms with van der Waals surface area (Å²) in [4.78, 5) is 0. The highest BCUT2D eigenvalue weighted by atomic mass is 14.3. The van der Waals surface area contributed by atoms with Gasteiger partial charge in [-0.25, -0.2) is 0 Å². The topological polar surface area (TPSA) is 0 Å². The Hall–Kier alpha value is 0. The first-order valence-corrected chi connectivity index (χ1v) is 4.88. The van der Waals surface area contributed by atoms with Crippen LogP contribution in [0.5, 0.6) is 0 Å². The molecule has 0 spiro atoms. The van der Waals surface area contributed by atoms with Gasteiger partial charge in [0, 0.05) is 0 Å². The Morgan fingerprint density at radius 1 is 0.900 bits per heavy atom. The summed E-state index contributed by atoms with van der Waals surface area (Å²) < 4.78 is 0. The third-order valence-corrected chi connectivity index (χ3v) is 3.12. The van der Waals surface area contributed by atoms with E-state index in [4.69, 9.17) is 0 Å². The van der Waals surface area contributed by atoms with E-state index in [1.54, 1.807) is 0 Å². The van der Waals surface area contributed by atoms with E-state index in [0.717, 1.165) is 11.8 Å². The van der Waals surface area contributed by atoms with E-state index in [-0.39, 0.29) is 0 Å². The van der Waals surface area contributed by atoms with Gasteiger partial charge in [0.15, 0.2) is 0 Å². The molecule has 0 amide bonds. The lowest BCUT2D eigenvalue weighted by Gasteiger charge is -2.29. The average Bonchev–Trinajstić information content (AvgIpc) is 2.04. The van der Waals surface area contributed by atoms with Crippen LogP contribution in [-0.2, 0) is 0 Å². The van der Waals surface area contributed by atoms with Gasteiger partial charge in [-0.05, 0) is 11.8 Å². The van der Waals surface area contributed by atoms with Crippen LogP contribution >= 0.6 is 0 Å². The fourth-order valence-electron chi connectivity index (χ4n) is 2.36. The molecule has 0 bridgehead atoms. The van der Waals surface area contributed by atoms with Crippen LogP contribution in [-0.4, -0.2) is 0 Å². The predicted molar refractivity (Wildman–Crippen MR) is 46.0 cm³/mol. The van der Waals surface area contributed by atoms with Crippen molar-refractivity contribution in [2.24, 2.45) is 11.8 Å². The molecule has 0 aliphatic heterocycles. The quantitative estimate of drug-likeness (QED) is 0.549. The minimum Gasteiger partial charge on any atom is -0.0651 e. The van der Waals surface area contributed by atoms with Crippen LogP contribution in [0.25, 0.3) is 0 Å². The van der Waals surface area contributed by atoms with Crippen LogP contribution in [0.2, 0.25) is 0 Å². The Balaban J connectivity index is 2.34. The molecular weight excluding hydrogens is 120 g/mol. The van der Waals surface area contributed by atoms with Crippen LogP contribution in [0.15, 0.2) is 0 Å². The molecule has 1 fully saturated rings. The van der Waals surface area contributed by atoms with E-state index in [2.05, 4.69) is 13.8 Å². The first-order valence-electron chi connectivity index (χ1n) is 4.88. The van der Waals surface area contributed by atoms with E-state index in [0.29, 0.717) is 0 Å². The van der Waals surface area contributed by atoms with E-state index < -0.39 is 0 Å². The molecule has 10 heavy (non-hydrogen) atoms. The van der Waals surface area contributed by atoms with E-state index in [1.807, 2.05) is 0 Å². The molecule has 0 aromatic rings. The Morgan fingerprint density at radius 2 is 1.30 bits per heavy atom. The molecule has 1 aliphatic carbocycles. The zero-order chi connectivity index (χ0) is 7.40. The van der Waals surface area contributed by atoms with Crippen LogP contribution in [0.3, 0.4) is 0 Å². The third kappa shape index (κ3) is 1.74. The highest BCUT2D eigenvalue weighted by molar-refractivity contribution is 4.72. The summed E-state index contributed by atoms with van der Waals surface area (Å²) in [6, 6.07) is 0. The van der Waals surface area contributed by atoms with Gasteiger partial charge in [-0.1, -0.05) is 52.4 Å². The van der Waals surface area contributed by atoms with Crippen molar-refractivity contribution in [2.75, 3.05) is 0 Å². The van der Waals surface area contributed by atoms with Crippen molar-refractivity contribution in [1.29, 1.82) is 0 Å². The van der Waals surface area contributed by atoms with Gasteiger partial charge in [-0.3, -0.25) is 0 Å². The van der Waals surface area contributed by atoms with Gasteiger partial charge in [-0.2, -0.15) is 0 Å². The molecule has 0 N–H and O–H groups in total. The predicted octanol–water partition coefficient (Wildman–Crippen LogP) is 3.61. The lowest BCUT2D eigenvalue weighted by molar-refractivity contribution is 0.224. The van der Waals surface area contributed by atoms with Crippen LogP contribution in [0, 0.1) is 11.8 Å². The number of hydrogen-bond acceptors (Lipinski definition) is 0. The second-order valence-electron chi connectivity index (χ2n) is 3.62. The van der Waals surface area contributed by atoms with Crippen LogP contribution in [0.4, 0.5) is 0 Å². The lowest BCUT2D eigenvalue weighted by atomic mass is 9.77. The van der Waals surface area contributed by atoms with Crippen LogP contribution < -0.4 is 0 Å². The molecule has 0 nitrogen and oxygen atoms in total. The molecule has 2 atom stereocenters. The second-order valence-corrected chi connectivity index (χ2v) is 3.62. The normalized spacial score (nSPS) is 34.2. The molecule has 1 aliphatic rings. The molecule has 1 saturated carbocycles. The molecule has 60 valence electrons.